The number of rotatable bonds is 5. The van der Waals surface area contributed by atoms with Gasteiger partial charge in [0, 0.05) is 28.9 Å². The standard InChI is InChI=1S/C19H15N5S/c1-2-4-14(5-3-1)17-6-7-18(24-23-17)21-12-16-13-25-19(22-16)15-8-10-20-11-9-15/h1-11,13H,12H2,(H,21,24). The van der Waals surface area contributed by atoms with Gasteiger partial charge in [-0.25, -0.2) is 4.98 Å². The topological polar surface area (TPSA) is 63.6 Å². The number of pyridine rings is 1. The summed E-state index contributed by atoms with van der Waals surface area (Å²) in [5.41, 5.74) is 3.98. The molecule has 1 N–H and O–H groups in total. The van der Waals surface area contributed by atoms with E-state index in [1.807, 2.05) is 54.6 Å². The molecule has 0 fully saturated rings. The first kappa shape index (κ1) is 15.4. The van der Waals surface area contributed by atoms with E-state index in [2.05, 4.69) is 30.9 Å². The van der Waals surface area contributed by atoms with Gasteiger partial charge in [0.1, 0.15) is 10.8 Å². The SMILES string of the molecule is c1ccc(-c2ccc(NCc3csc(-c4ccncc4)n3)nn2)cc1. The fourth-order valence-electron chi connectivity index (χ4n) is 2.39. The average Bonchev–Trinajstić information content (AvgIpc) is 3.17. The van der Waals surface area contributed by atoms with Gasteiger partial charge >= 0.3 is 0 Å². The van der Waals surface area contributed by atoms with Crippen molar-refractivity contribution in [2.24, 2.45) is 0 Å². The Morgan fingerprint density at radius 3 is 2.44 bits per heavy atom. The maximum atomic E-state index is 4.64. The van der Waals surface area contributed by atoms with Crippen LogP contribution in [0.1, 0.15) is 5.69 Å². The summed E-state index contributed by atoms with van der Waals surface area (Å²) in [6.45, 7) is 0.612. The van der Waals surface area contributed by atoms with Crippen LogP contribution in [-0.2, 0) is 6.54 Å². The lowest BCUT2D eigenvalue weighted by molar-refractivity contribution is 0.990. The van der Waals surface area contributed by atoms with Crippen molar-refractivity contribution in [2.75, 3.05) is 5.32 Å². The number of thiazole rings is 1. The molecule has 0 aliphatic heterocycles. The molecule has 0 aliphatic rings. The molecule has 0 bridgehead atoms. The zero-order valence-electron chi connectivity index (χ0n) is 13.3. The molecule has 1 aromatic carbocycles. The van der Waals surface area contributed by atoms with Gasteiger partial charge in [-0.3, -0.25) is 4.98 Å². The Hall–Kier alpha value is -3.12. The molecule has 0 saturated carbocycles. The lowest BCUT2D eigenvalue weighted by Gasteiger charge is -2.04. The minimum absolute atomic E-state index is 0.612. The van der Waals surface area contributed by atoms with Gasteiger partial charge < -0.3 is 5.32 Å². The normalized spacial score (nSPS) is 10.6. The summed E-state index contributed by atoms with van der Waals surface area (Å²) >= 11 is 1.62. The highest BCUT2D eigenvalue weighted by Crippen LogP contribution is 2.23. The van der Waals surface area contributed by atoms with Gasteiger partial charge in [0.25, 0.3) is 0 Å². The highest BCUT2D eigenvalue weighted by atomic mass is 32.1. The summed E-state index contributed by atoms with van der Waals surface area (Å²) in [4.78, 5) is 8.67. The van der Waals surface area contributed by atoms with E-state index < -0.39 is 0 Å². The maximum absolute atomic E-state index is 4.64. The van der Waals surface area contributed by atoms with Gasteiger partial charge in [0.05, 0.1) is 17.9 Å². The largest absolute Gasteiger partial charge is 0.363 e. The predicted octanol–water partition coefficient (Wildman–Crippen LogP) is 4.27. The van der Waals surface area contributed by atoms with Crippen molar-refractivity contribution >= 4 is 17.2 Å². The average molecular weight is 345 g/mol. The third-order valence-corrected chi connectivity index (χ3v) is 4.60. The van der Waals surface area contributed by atoms with Gasteiger partial charge in [-0.2, -0.15) is 0 Å². The zero-order valence-corrected chi connectivity index (χ0v) is 14.1. The molecule has 25 heavy (non-hydrogen) atoms. The van der Waals surface area contributed by atoms with Crippen molar-refractivity contribution in [1.82, 2.24) is 20.2 Å². The van der Waals surface area contributed by atoms with Crippen LogP contribution in [0.4, 0.5) is 5.82 Å². The monoisotopic (exact) mass is 345 g/mol. The highest BCUT2D eigenvalue weighted by Gasteiger charge is 2.05. The quantitative estimate of drug-likeness (QED) is 0.585. The van der Waals surface area contributed by atoms with Crippen LogP contribution >= 0.6 is 11.3 Å². The lowest BCUT2D eigenvalue weighted by Crippen LogP contribution is -2.02. The predicted molar refractivity (Wildman–Crippen MR) is 100 cm³/mol. The van der Waals surface area contributed by atoms with Gasteiger partial charge in [0.15, 0.2) is 0 Å². The first-order chi connectivity index (χ1) is 12.4. The van der Waals surface area contributed by atoms with Gasteiger partial charge in [-0.05, 0) is 24.3 Å². The molecule has 6 heteroatoms. The number of anilines is 1. The third kappa shape index (κ3) is 3.70. The summed E-state index contributed by atoms with van der Waals surface area (Å²) in [6, 6.07) is 17.8. The fraction of sp³-hybridized carbons (Fsp3) is 0.0526. The van der Waals surface area contributed by atoms with Crippen LogP contribution in [0.25, 0.3) is 21.8 Å². The molecule has 4 rings (SSSR count). The smallest absolute Gasteiger partial charge is 0.149 e. The minimum Gasteiger partial charge on any atom is -0.363 e. The summed E-state index contributed by atoms with van der Waals surface area (Å²) in [7, 11) is 0. The van der Waals surface area contributed by atoms with Crippen LogP contribution in [0.2, 0.25) is 0 Å². The molecular weight excluding hydrogens is 330 g/mol. The molecule has 0 radical (unpaired) electrons. The second-order valence-corrected chi connectivity index (χ2v) is 6.26. The number of nitrogens with one attached hydrogen (secondary N) is 1. The van der Waals surface area contributed by atoms with Crippen LogP contribution in [0, 0.1) is 0 Å². The molecule has 0 saturated heterocycles. The van der Waals surface area contributed by atoms with Crippen LogP contribution < -0.4 is 5.32 Å². The Morgan fingerprint density at radius 1 is 0.840 bits per heavy atom. The van der Waals surface area contributed by atoms with E-state index in [1.54, 1.807) is 23.7 Å². The molecule has 122 valence electrons. The maximum Gasteiger partial charge on any atom is 0.149 e. The van der Waals surface area contributed by atoms with Crippen LogP contribution in [0.5, 0.6) is 0 Å². The van der Waals surface area contributed by atoms with E-state index in [0.29, 0.717) is 6.54 Å². The van der Waals surface area contributed by atoms with Crippen molar-refractivity contribution in [2.45, 2.75) is 6.54 Å². The van der Waals surface area contributed by atoms with E-state index in [-0.39, 0.29) is 0 Å². The molecular formula is C19H15N5S. The van der Waals surface area contributed by atoms with E-state index in [1.165, 1.54) is 0 Å². The van der Waals surface area contributed by atoms with Crippen molar-refractivity contribution < 1.29 is 0 Å². The highest BCUT2D eigenvalue weighted by molar-refractivity contribution is 7.13. The van der Waals surface area contributed by atoms with E-state index in [0.717, 1.165) is 33.3 Å². The Bertz CT molecular complexity index is 936. The summed E-state index contributed by atoms with van der Waals surface area (Å²) in [6.07, 6.45) is 3.55. The lowest BCUT2D eigenvalue weighted by atomic mass is 10.1. The minimum atomic E-state index is 0.612. The first-order valence-corrected chi connectivity index (χ1v) is 8.74. The Labute approximate surface area is 149 Å². The van der Waals surface area contributed by atoms with Crippen molar-refractivity contribution in [3.05, 3.63) is 78.1 Å². The van der Waals surface area contributed by atoms with Gasteiger partial charge in [-0.1, -0.05) is 30.3 Å². The van der Waals surface area contributed by atoms with Gasteiger partial charge in [-0.15, -0.1) is 21.5 Å². The van der Waals surface area contributed by atoms with Crippen LogP contribution in [0.3, 0.4) is 0 Å². The number of hydrogen-bond acceptors (Lipinski definition) is 6. The second kappa shape index (κ2) is 7.19. The Balaban J connectivity index is 1.41. The molecule has 5 nitrogen and oxygen atoms in total. The molecule has 4 aromatic rings. The van der Waals surface area contributed by atoms with Crippen LogP contribution in [0.15, 0.2) is 72.4 Å². The molecule has 0 aliphatic carbocycles. The Kier molecular flexibility index (Phi) is 4.43. The molecule has 0 amide bonds. The van der Waals surface area contributed by atoms with Crippen molar-refractivity contribution in [3.8, 4) is 21.8 Å². The molecule has 0 atom stereocenters. The summed E-state index contributed by atoms with van der Waals surface area (Å²) in [5, 5.41) is 14.8. The van der Waals surface area contributed by atoms with E-state index >= 15 is 0 Å². The fourth-order valence-corrected chi connectivity index (χ4v) is 3.21. The number of benzene rings is 1. The van der Waals surface area contributed by atoms with Crippen molar-refractivity contribution in [3.63, 3.8) is 0 Å². The number of hydrogen-bond donors (Lipinski definition) is 1. The molecule has 3 heterocycles. The Morgan fingerprint density at radius 2 is 1.68 bits per heavy atom. The zero-order chi connectivity index (χ0) is 16.9. The molecule has 0 spiro atoms. The van der Waals surface area contributed by atoms with E-state index in [9.17, 15) is 0 Å². The number of nitrogens with zero attached hydrogens (tertiary/aromatic N) is 4. The van der Waals surface area contributed by atoms with E-state index in [4.69, 9.17) is 0 Å². The van der Waals surface area contributed by atoms with Crippen molar-refractivity contribution in [1.29, 1.82) is 0 Å². The number of aromatic nitrogens is 4. The summed E-state index contributed by atoms with van der Waals surface area (Å²) < 4.78 is 0. The van der Waals surface area contributed by atoms with Gasteiger partial charge in [0.2, 0.25) is 0 Å². The molecule has 3 aromatic heterocycles. The van der Waals surface area contributed by atoms with Crippen LogP contribution in [-0.4, -0.2) is 20.2 Å². The molecule has 0 unspecified atom stereocenters. The first-order valence-electron chi connectivity index (χ1n) is 7.86. The third-order valence-electron chi connectivity index (χ3n) is 3.66. The second-order valence-electron chi connectivity index (χ2n) is 5.40. The summed E-state index contributed by atoms with van der Waals surface area (Å²) in [5.74, 6) is 0.734.